The molecule has 1 aromatic carbocycles. The maximum atomic E-state index is 3.67. The highest BCUT2D eigenvalue weighted by Crippen LogP contribution is 2.20. The molecule has 1 N–H and O–H groups in total. The Hall–Kier alpha value is -0.860. The zero-order valence-corrected chi connectivity index (χ0v) is 12.8. The van der Waals surface area contributed by atoms with E-state index in [9.17, 15) is 0 Å². The third kappa shape index (κ3) is 4.63. The summed E-state index contributed by atoms with van der Waals surface area (Å²) < 4.78 is 0. The Bertz CT molecular complexity index is 396. The average Bonchev–Trinajstić information content (AvgIpc) is 3.12. The van der Waals surface area contributed by atoms with Gasteiger partial charge in [-0.1, -0.05) is 43.7 Å². The summed E-state index contributed by atoms with van der Waals surface area (Å²) >= 11 is 0. The Morgan fingerprint density at radius 3 is 2.63 bits per heavy atom. The van der Waals surface area contributed by atoms with Crippen LogP contribution in [0.4, 0.5) is 0 Å². The Balaban J connectivity index is 1.91. The van der Waals surface area contributed by atoms with Gasteiger partial charge in [0.1, 0.15) is 0 Å². The number of likely N-dealkylation sites (N-methyl/N-ethyl adjacent to an activating group) is 1. The van der Waals surface area contributed by atoms with Crippen LogP contribution in [-0.2, 0) is 6.54 Å². The van der Waals surface area contributed by atoms with E-state index >= 15 is 0 Å². The monoisotopic (exact) mass is 260 g/mol. The summed E-state index contributed by atoms with van der Waals surface area (Å²) in [6.07, 6.45) is 2.73. The lowest BCUT2D eigenvalue weighted by Gasteiger charge is -2.31. The first kappa shape index (κ1) is 14.5. The summed E-state index contributed by atoms with van der Waals surface area (Å²) in [5, 5.41) is 3.67. The summed E-state index contributed by atoms with van der Waals surface area (Å²) in [6, 6.07) is 10.3. The second-order valence-electron chi connectivity index (χ2n) is 6.40. The van der Waals surface area contributed by atoms with Gasteiger partial charge < -0.3 is 5.32 Å². The Morgan fingerprint density at radius 1 is 1.32 bits per heavy atom. The fraction of sp³-hybridized carbons (Fsp3) is 0.647. The van der Waals surface area contributed by atoms with E-state index in [1.165, 1.54) is 24.0 Å². The Kier molecular flexibility index (Phi) is 5.00. The van der Waals surface area contributed by atoms with Crippen LogP contribution in [0.25, 0.3) is 0 Å². The fourth-order valence-electron chi connectivity index (χ4n) is 2.69. The first-order valence-electron chi connectivity index (χ1n) is 7.55. The van der Waals surface area contributed by atoms with E-state index in [2.05, 4.69) is 62.3 Å². The molecule has 0 aliphatic heterocycles. The van der Waals surface area contributed by atoms with Crippen LogP contribution in [0.1, 0.15) is 37.8 Å². The molecule has 1 unspecified atom stereocenters. The maximum absolute atomic E-state index is 3.67. The van der Waals surface area contributed by atoms with Crippen molar-refractivity contribution in [3.8, 4) is 0 Å². The van der Waals surface area contributed by atoms with E-state index in [0.717, 1.165) is 19.1 Å². The van der Waals surface area contributed by atoms with Crippen LogP contribution in [0.5, 0.6) is 0 Å². The van der Waals surface area contributed by atoms with Gasteiger partial charge in [0.2, 0.25) is 0 Å². The third-order valence-corrected chi connectivity index (χ3v) is 4.04. The van der Waals surface area contributed by atoms with Crippen LogP contribution < -0.4 is 5.32 Å². The summed E-state index contributed by atoms with van der Waals surface area (Å²) in [4.78, 5) is 2.49. The largest absolute Gasteiger partial charge is 0.312 e. The summed E-state index contributed by atoms with van der Waals surface area (Å²) in [6.45, 7) is 8.97. The molecule has 0 radical (unpaired) electrons. The molecular formula is C17H28N2. The average molecular weight is 260 g/mol. The van der Waals surface area contributed by atoms with Crippen LogP contribution in [0, 0.1) is 12.8 Å². The molecule has 0 bridgehead atoms. The van der Waals surface area contributed by atoms with E-state index < -0.39 is 0 Å². The van der Waals surface area contributed by atoms with Gasteiger partial charge in [-0.25, -0.2) is 0 Å². The molecule has 19 heavy (non-hydrogen) atoms. The van der Waals surface area contributed by atoms with Gasteiger partial charge in [0.05, 0.1) is 0 Å². The minimum absolute atomic E-state index is 0.612. The number of aryl methyl sites for hydroxylation is 1. The van der Waals surface area contributed by atoms with Crippen LogP contribution in [0.15, 0.2) is 24.3 Å². The predicted octanol–water partition coefficient (Wildman–Crippen LogP) is 3.20. The summed E-state index contributed by atoms with van der Waals surface area (Å²) in [7, 11) is 2.25. The highest BCUT2D eigenvalue weighted by Gasteiger charge is 2.24. The van der Waals surface area contributed by atoms with E-state index in [0.29, 0.717) is 12.0 Å². The lowest BCUT2D eigenvalue weighted by atomic mass is 10.0. The number of nitrogens with zero attached hydrogens (tertiary/aromatic N) is 1. The lowest BCUT2D eigenvalue weighted by molar-refractivity contribution is 0.179. The first-order chi connectivity index (χ1) is 9.06. The summed E-state index contributed by atoms with van der Waals surface area (Å²) in [5.41, 5.74) is 2.77. The van der Waals surface area contributed by atoms with Gasteiger partial charge in [-0.05, 0) is 38.3 Å². The molecule has 0 saturated heterocycles. The van der Waals surface area contributed by atoms with Crippen molar-refractivity contribution in [2.45, 2.75) is 52.2 Å². The fourth-order valence-corrected chi connectivity index (χ4v) is 2.69. The van der Waals surface area contributed by atoms with Crippen molar-refractivity contribution in [1.29, 1.82) is 0 Å². The van der Waals surface area contributed by atoms with Gasteiger partial charge in [-0.2, -0.15) is 0 Å². The zero-order valence-electron chi connectivity index (χ0n) is 12.8. The van der Waals surface area contributed by atoms with Crippen LogP contribution in [0.3, 0.4) is 0 Å². The van der Waals surface area contributed by atoms with E-state index in [-0.39, 0.29) is 0 Å². The number of hydrogen-bond acceptors (Lipinski definition) is 2. The van der Waals surface area contributed by atoms with E-state index in [1.807, 2.05) is 0 Å². The molecule has 1 fully saturated rings. The van der Waals surface area contributed by atoms with Crippen LogP contribution in [-0.4, -0.2) is 30.6 Å². The lowest BCUT2D eigenvalue weighted by Crippen LogP contribution is -2.43. The highest BCUT2D eigenvalue weighted by atomic mass is 15.2. The van der Waals surface area contributed by atoms with Gasteiger partial charge in [0, 0.05) is 25.2 Å². The van der Waals surface area contributed by atoms with Gasteiger partial charge in [-0.15, -0.1) is 0 Å². The van der Waals surface area contributed by atoms with Crippen molar-refractivity contribution in [2.75, 3.05) is 13.6 Å². The summed E-state index contributed by atoms with van der Waals surface area (Å²) in [5.74, 6) is 0.682. The molecule has 2 rings (SSSR count). The molecule has 0 spiro atoms. The van der Waals surface area contributed by atoms with Crippen molar-refractivity contribution in [2.24, 2.45) is 5.92 Å². The molecule has 2 nitrogen and oxygen atoms in total. The SMILES string of the molecule is Cc1cccc(CN(C)C(CNC2CC2)C(C)C)c1. The maximum Gasteiger partial charge on any atom is 0.0244 e. The molecule has 1 aliphatic carbocycles. The van der Waals surface area contributed by atoms with Gasteiger partial charge in [-0.3, -0.25) is 4.90 Å². The van der Waals surface area contributed by atoms with E-state index in [1.54, 1.807) is 0 Å². The number of benzene rings is 1. The molecule has 1 aliphatic rings. The van der Waals surface area contributed by atoms with Crippen molar-refractivity contribution >= 4 is 0 Å². The highest BCUT2D eigenvalue weighted by molar-refractivity contribution is 5.22. The van der Waals surface area contributed by atoms with Crippen molar-refractivity contribution < 1.29 is 0 Å². The van der Waals surface area contributed by atoms with Crippen molar-refractivity contribution in [3.63, 3.8) is 0 Å². The molecule has 0 aromatic heterocycles. The number of hydrogen-bond donors (Lipinski definition) is 1. The molecule has 0 amide bonds. The quantitative estimate of drug-likeness (QED) is 0.810. The minimum Gasteiger partial charge on any atom is -0.312 e. The number of rotatable bonds is 7. The van der Waals surface area contributed by atoms with Gasteiger partial charge in [0.15, 0.2) is 0 Å². The molecule has 1 atom stereocenters. The zero-order chi connectivity index (χ0) is 13.8. The third-order valence-electron chi connectivity index (χ3n) is 4.04. The Morgan fingerprint density at radius 2 is 2.05 bits per heavy atom. The van der Waals surface area contributed by atoms with Crippen molar-refractivity contribution in [3.05, 3.63) is 35.4 Å². The topological polar surface area (TPSA) is 15.3 Å². The smallest absolute Gasteiger partial charge is 0.0244 e. The van der Waals surface area contributed by atoms with Gasteiger partial charge >= 0.3 is 0 Å². The molecular weight excluding hydrogens is 232 g/mol. The molecule has 1 saturated carbocycles. The van der Waals surface area contributed by atoms with Crippen LogP contribution in [0.2, 0.25) is 0 Å². The second-order valence-corrected chi connectivity index (χ2v) is 6.40. The van der Waals surface area contributed by atoms with Gasteiger partial charge in [0.25, 0.3) is 0 Å². The predicted molar refractivity (Wildman–Crippen MR) is 82.3 cm³/mol. The first-order valence-corrected chi connectivity index (χ1v) is 7.55. The normalized spacial score (nSPS) is 17.2. The number of nitrogens with one attached hydrogen (secondary N) is 1. The molecule has 2 heteroatoms. The second kappa shape index (κ2) is 6.53. The molecule has 1 aromatic rings. The van der Waals surface area contributed by atoms with Crippen molar-refractivity contribution in [1.82, 2.24) is 10.2 Å². The standard InChI is InChI=1S/C17H28N2/c1-13(2)17(11-18-16-8-9-16)19(4)12-15-7-5-6-14(3)10-15/h5-7,10,13,16-18H,8-9,11-12H2,1-4H3. The minimum atomic E-state index is 0.612. The van der Waals surface area contributed by atoms with Crippen LogP contribution >= 0.6 is 0 Å². The molecule has 106 valence electrons. The Labute approximate surface area is 118 Å². The van der Waals surface area contributed by atoms with E-state index in [4.69, 9.17) is 0 Å². The molecule has 0 heterocycles.